The fourth-order valence-electron chi connectivity index (χ4n) is 2.33. The van der Waals surface area contributed by atoms with Crippen molar-refractivity contribution in [3.8, 4) is 0 Å². The maximum absolute atomic E-state index is 12.0. The number of nitrogens with one attached hydrogen (secondary N) is 1. The molecule has 6 heteroatoms. The van der Waals surface area contributed by atoms with Gasteiger partial charge in [-0.15, -0.1) is 0 Å². The van der Waals surface area contributed by atoms with Gasteiger partial charge in [-0.2, -0.15) is 0 Å². The molecular weight excluding hydrogens is 308 g/mol. The van der Waals surface area contributed by atoms with Crippen molar-refractivity contribution >= 4 is 23.0 Å². The smallest absolute Gasteiger partial charge is 0.408 e. The molecule has 0 spiro atoms. The molecule has 2 N–H and O–H groups in total. The average molecular weight is 330 g/mol. The van der Waals surface area contributed by atoms with Crippen molar-refractivity contribution in [3.63, 3.8) is 0 Å². The van der Waals surface area contributed by atoms with Crippen molar-refractivity contribution in [1.82, 2.24) is 10.3 Å². The molecule has 0 aliphatic rings. The lowest BCUT2D eigenvalue weighted by Gasteiger charge is -2.28. The Morgan fingerprint density at radius 2 is 1.92 bits per heavy atom. The molecule has 0 aliphatic heterocycles. The van der Waals surface area contributed by atoms with Crippen LogP contribution in [0.4, 0.5) is 4.79 Å². The van der Waals surface area contributed by atoms with E-state index < -0.39 is 23.2 Å². The monoisotopic (exact) mass is 330 g/mol. The number of amides is 1. The molecule has 1 heterocycles. The lowest BCUT2D eigenvalue weighted by molar-refractivity contribution is -0.144. The highest BCUT2D eigenvalue weighted by Crippen LogP contribution is 2.19. The first-order valence-electron chi connectivity index (χ1n) is 7.67. The highest BCUT2D eigenvalue weighted by Gasteiger charge is 2.36. The van der Waals surface area contributed by atoms with E-state index in [1.54, 1.807) is 27.0 Å². The Kier molecular flexibility index (Phi) is 4.78. The predicted octanol–water partition coefficient (Wildman–Crippen LogP) is 3.15. The number of alkyl carbamates (subject to hydrolysis) is 1. The van der Waals surface area contributed by atoms with Crippen molar-refractivity contribution in [3.05, 3.63) is 42.1 Å². The average Bonchev–Trinajstić information content (AvgIpc) is 2.44. The summed E-state index contributed by atoms with van der Waals surface area (Å²) in [7, 11) is 0. The SMILES string of the molecule is CC(C)(C)OC(=O)NC(C)(Cc1ccc2cccnc2c1)C(=O)O. The molecule has 1 aromatic heterocycles. The van der Waals surface area contributed by atoms with Gasteiger partial charge in [-0.3, -0.25) is 4.98 Å². The Labute approximate surface area is 140 Å². The minimum atomic E-state index is -1.48. The van der Waals surface area contributed by atoms with Crippen molar-refractivity contribution < 1.29 is 19.4 Å². The third-order valence-electron chi connectivity index (χ3n) is 3.48. The molecule has 1 atom stereocenters. The van der Waals surface area contributed by atoms with Crippen molar-refractivity contribution in [1.29, 1.82) is 0 Å². The summed E-state index contributed by atoms with van der Waals surface area (Å²) in [5.74, 6) is -1.13. The molecule has 0 fully saturated rings. The maximum atomic E-state index is 12.0. The molecule has 1 unspecified atom stereocenters. The minimum absolute atomic E-state index is 0.119. The summed E-state index contributed by atoms with van der Waals surface area (Å²) in [6.45, 7) is 6.63. The normalized spacial score (nSPS) is 14.0. The summed E-state index contributed by atoms with van der Waals surface area (Å²) in [6.07, 6.45) is 1.04. The van der Waals surface area contributed by atoms with E-state index in [0.717, 1.165) is 16.5 Å². The number of fused-ring (bicyclic) bond motifs is 1. The van der Waals surface area contributed by atoms with Crippen LogP contribution >= 0.6 is 0 Å². The van der Waals surface area contributed by atoms with Gasteiger partial charge in [0.25, 0.3) is 0 Å². The molecule has 2 aromatic rings. The summed E-state index contributed by atoms with van der Waals surface area (Å²) < 4.78 is 5.17. The summed E-state index contributed by atoms with van der Waals surface area (Å²) >= 11 is 0. The van der Waals surface area contributed by atoms with Crippen LogP contribution in [0.5, 0.6) is 0 Å². The van der Waals surface area contributed by atoms with E-state index in [-0.39, 0.29) is 6.42 Å². The number of carbonyl (C=O) groups excluding carboxylic acids is 1. The number of aliphatic carboxylic acids is 1. The standard InChI is InChI=1S/C18H22N2O4/c1-17(2,3)24-16(23)20-18(4,15(21)22)11-12-7-8-13-6-5-9-19-14(13)10-12/h5-10H,11H2,1-4H3,(H,20,23)(H,21,22). The van der Waals surface area contributed by atoms with Gasteiger partial charge in [-0.25, -0.2) is 9.59 Å². The van der Waals surface area contributed by atoms with Gasteiger partial charge in [0.15, 0.2) is 0 Å². The van der Waals surface area contributed by atoms with E-state index in [1.807, 2.05) is 30.3 Å². The van der Waals surface area contributed by atoms with Crippen LogP contribution in [0.1, 0.15) is 33.3 Å². The highest BCUT2D eigenvalue weighted by atomic mass is 16.6. The molecule has 0 aliphatic carbocycles. The number of ether oxygens (including phenoxy) is 1. The second kappa shape index (κ2) is 6.47. The Morgan fingerprint density at radius 1 is 1.21 bits per heavy atom. The second-order valence-corrected chi connectivity index (χ2v) is 6.97. The number of aromatic nitrogens is 1. The predicted molar refractivity (Wildman–Crippen MR) is 90.9 cm³/mol. The van der Waals surface area contributed by atoms with E-state index >= 15 is 0 Å². The van der Waals surface area contributed by atoms with Crippen LogP contribution in [-0.4, -0.2) is 33.3 Å². The van der Waals surface area contributed by atoms with Gasteiger partial charge >= 0.3 is 12.1 Å². The number of nitrogens with zero attached hydrogens (tertiary/aromatic N) is 1. The van der Waals surface area contributed by atoms with Crippen LogP contribution < -0.4 is 5.32 Å². The number of hydrogen-bond acceptors (Lipinski definition) is 4. The Bertz CT molecular complexity index is 767. The zero-order valence-corrected chi connectivity index (χ0v) is 14.3. The number of carboxylic acid groups (broad SMARTS) is 1. The molecule has 1 aromatic carbocycles. The molecule has 0 radical (unpaired) electrons. The lowest BCUT2D eigenvalue weighted by atomic mass is 9.92. The topological polar surface area (TPSA) is 88.5 Å². The van der Waals surface area contributed by atoms with Crippen molar-refractivity contribution in [2.24, 2.45) is 0 Å². The molecule has 0 bridgehead atoms. The van der Waals surface area contributed by atoms with Gasteiger partial charge < -0.3 is 15.2 Å². The molecule has 0 saturated heterocycles. The summed E-state index contributed by atoms with van der Waals surface area (Å²) in [5, 5.41) is 13.0. The first-order chi connectivity index (χ1) is 11.1. The number of carboxylic acids is 1. The molecule has 24 heavy (non-hydrogen) atoms. The zero-order valence-electron chi connectivity index (χ0n) is 14.3. The first kappa shape index (κ1) is 17.7. The van der Waals surface area contributed by atoms with Crippen LogP contribution in [0, 0.1) is 0 Å². The number of rotatable bonds is 4. The van der Waals surface area contributed by atoms with Gasteiger partial charge in [0.2, 0.25) is 0 Å². The Balaban J connectivity index is 2.22. The van der Waals surface area contributed by atoms with Crippen LogP contribution in [0.15, 0.2) is 36.5 Å². The van der Waals surface area contributed by atoms with E-state index in [4.69, 9.17) is 4.74 Å². The molecule has 2 rings (SSSR count). The number of hydrogen-bond donors (Lipinski definition) is 2. The fraction of sp³-hybridized carbons (Fsp3) is 0.389. The third kappa shape index (κ3) is 4.44. The van der Waals surface area contributed by atoms with E-state index in [0.29, 0.717) is 0 Å². The summed E-state index contributed by atoms with van der Waals surface area (Å²) in [5.41, 5.74) is -0.636. The van der Waals surface area contributed by atoms with Gasteiger partial charge in [0, 0.05) is 18.0 Å². The molecule has 1 amide bonds. The molecule has 128 valence electrons. The maximum Gasteiger partial charge on any atom is 0.408 e. The second-order valence-electron chi connectivity index (χ2n) is 6.97. The van der Waals surface area contributed by atoms with Crippen LogP contribution in [0.2, 0.25) is 0 Å². The van der Waals surface area contributed by atoms with E-state index in [1.165, 1.54) is 6.92 Å². The van der Waals surface area contributed by atoms with E-state index in [2.05, 4.69) is 10.3 Å². The summed E-state index contributed by atoms with van der Waals surface area (Å²) in [4.78, 5) is 27.9. The van der Waals surface area contributed by atoms with Crippen LogP contribution in [-0.2, 0) is 16.0 Å². The number of benzene rings is 1. The van der Waals surface area contributed by atoms with Gasteiger partial charge in [-0.05, 0) is 45.4 Å². The number of carbonyl (C=O) groups is 2. The van der Waals surface area contributed by atoms with Gasteiger partial charge in [0.05, 0.1) is 5.52 Å². The molecular formula is C18H22N2O4. The van der Waals surface area contributed by atoms with Crippen molar-refractivity contribution in [2.45, 2.75) is 45.3 Å². The van der Waals surface area contributed by atoms with E-state index in [9.17, 15) is 14.7 Å². The largest absolute Gasteiger partial charge is 0.480 e. The van der Waals surface area contributed by atoms with Gasteiger partial charge in [-0.1, -0.05) is 18.2 Å². The van der Waals surface area contributed by atoms with Gasteiger partial charge in [0.1, 0.15) is 11.1 Å². The minimum Gasteiger partial charge on any atom is -0.480 e. The quantitative estimate of drug-likeness (QED) is 0.899. The highest BCUT2D eigenvalue weighted by molar-refractivity contribution is 5.85. The molecule has 6 nitrogen and oxygen atoms in total. The number of pyridine rings is 1. The first-order valence-corrected chi connectivity index (χ1v) is 7.67. The Morgan fingerprint density at radius 3 is 2.54 bits per heavy atom. The Hall–Kier alpha value is -2.63. The fourth-order valence-corrected chi connectivity index (χ4v) is 2.33. The summed E-state index contributed by atoms with van der Waals surface area (Å²) in [6, 6.07) is 9.32. The lowest BCUT2D eigenvalue weighted by Crippen LogP contribution is -2.54. The molecule has 0 saturated carbocycles. The zero-order chi connectivity index (χ0) is 18.0. The van der Waals surface area contributed by atoms with Crippen LogP contribution in [0.3, 0.4) is 0 Å². The van der Waals surface area contributed by atoms with Crippen molar-refractivity contribution in [2.75, 3.05) is 0 Å². The third-order valence-corrected chi connectivity index (χ3v) is 3.48. The van der Waals surface area contributed by atoms with Crippen LogP contribution in [0.25, 0.3) is 10.9 Å².